The lowest BCUT2D eigenvalue weighted by Gasteiger charge is -2.22. The Labute approximate surface area is 156 Å². The summed E-state index contributed by atoms with van der Waals surface area (Å²) in [7, 11) is 1.77. The third-order valence-electron chi connectivity index (χ3n) is 4.01. The van der Waals surface area contributed by atoms with Crippen LogP contribution in [0.1, 0.15) is 50.9 Å². The molecule has 142 valence electrons. The predicted molar refractivity (Wildman–Crippen MR) is 103 cm³/mol. The summed E-state index contributed by atoms with van der Waals surface area (Å²) in [6, 6.07) is 3.40. The van der Waals surface area contributed by atoms with E-state index in [4.69, 9.17) is 26.8 Å². The number of hydrogen-bond donors (Lipinski definition) is 1. The lowest BCUT2D eigenvalue weighted by Crippen LogP contribution is -2.34. The zero-order valence-corrected chi connectivity index (χ0v) is 16.7. The van der Waals surface area contributed by atoms with E-state index < -0.39 is 0 Å². The molecule has 0 aliphatic rings. The minimum Gasteiger partial charge on any atom is -0.490 e. The van der Waals surface area contributed by atoms with Crippen LogP contribution in [-0.4, -0.2) is 43.7 Å². The van der Waals surface area contributed by atoms with Crippen molar-refractivity contribution in [3.8, 4) is 11.5 Å². The molecular weight excluding hydrogens is 340 g/mol. The highest BCUT2D eigenvalue weighted by Crippen LogP contribution is 2.37. The molecule has 1 aromatic rings. The first-order valence-electron chi connectivity index (χ1n) is 8.91. The van der Waals surface area contributed by atoms with Crippen LogP contribution in [0.4, 0.5) is 0 Å². The zero-order chi connectivity index (χ0) is 19.0. The largest absolute Gasteiger partial charge is 0.490 e. The Bertz CT molecular complexity index is 564. The summed E-state index contributed by atoms with van der Waals surface area (Å²) < 4.78 is 11.3. The van der Waals surface area contributed by atoms with Crippen molar-refractivity contribution in [2.24, 2.45) is 11.7 Å². The molecule has 0 heterocycles. The number of halogens is 1. The molecule has 1 unspecified atom stereocenters. The zero-order valence-electron chi connectivity index (χ0n) is 16.0. The van der Waals surface area contributed by atoms with E-state index in [9.17, 15) is 4.79 Å². The second-order valence-corrected chi connectivity index (χ2v) is 6.90. The standard InChI is InChI=1S/C19H31ClN2O3/c1-6-10-25-18-15(20)11-14(12-17(18)24-7-2)19(23)22(5)9-8-16(21)13(3)4/h11-13,16H,6-10,21H2,1-5H3. The predicted octanol–water partition coefficient (Wildman–Crippen LogP) is 3.97. The molecule has 2 N–H and O–H groups in total. The molecule has 0 bridgehead atoms. The van der Waals surface area contributed by atoms with E-state index in [1.165, 1.54) is 0 Å². The quantitative estimate of drug-likeness (QED) is 0.676. The topological polar surface area (TPSA) is 64.8 Å². The van der Waals surface area contributed by atoms with Crippen LogP contribution in [0.5, 0.6) is 11.5 Å². The maximum atomic E-state index is 12.7. The molecule has 0 fully saturated rings. The van der Waals surface area contributed by atoms with Gasteiger partial charge in [-0.1, -0.05) is 32.4 Å². The van der Waals surface area contributed by atoms with Gasteiger partial charge >= 0.3 is 0 Å². The minimum atomic E-state index is -0.110. The van der Waals surface area contributed by atoms with E-state index in [1.54, 1.807) is 24.1 Å². The molecule has 0 radical (unpaired) electrons. The fourth-order valence-electron chi connectivity index (χ4n) is 2.30. The van der Waals surface area contributed by atoms with Crippen molar-refractivity contribution in [1.82, 2.24) is 4.90 Å². The second-order valence-electron chi connectivity index (χ2n) is 6.49. The van der Waals surface area contributed by atoms with Crippen molar-refractivity contribution in [2.75, 3.05) is 26.8 Å². The molecule has 0 aromatic heterocycles. The number of rotatable bonds is 10. The normalized spacial score (nSPS) is 12.2. The smallest absolute Gasteiger partial charge is 0.253 e. The van der Waals surface area contributed by atoms with Crippen LogP contribution in [0, 0.1) is 5.92 Å². The first-order chi connectivity index (χ1) is 11.8. The van der Waals surface area contributed by atoms with Crippen molar-refractivity contribution in [1.29, 1.82) is 0 Å². The average molecular weight is 371 g/mol. The molecule has 25 heavy (non-hydrogen) atoms. The Balaban J connectivity index is 2.93. The molecule has 0 saturated heterocycles. The van der Waals surface area contributed by atoms with E-state index >= 15 is 0 Å². The van der Waals surface area contributed by atoms with Crippen LogP contribution in [-0.2, 0) is 0 Å². The van der Waals surface area contributed by atoms with Crippen LogP contribution in [0.2, 0.25) is 5.02 Å². The lowest BCUT2D eigenvalue weighted by molar-refractivity contribution is 0.0788. The molecule has 1 atom stereocenters. The van der Waals surface area contributed by atoms with Gasteiger partial charge < -0.3 is 20.1 Å². The number of nitrogens with zero attached hydrogens (tertiary/aromatic N) is 1. The molecule has 1 aromatic carbocycles. The van der Waals surface area contributed by atoms with Gasteiger partial charge in [0.2, 0.25) is 0 Å². The highest BCUT2D eigenvalue weighted by molar-refractivity contribution is 6.32. The van der Waals surface area contributed by atoms with Crippen LogP contribution >= 0.6 is 11.6 Å². The summed E-state index contributed by atoms with van der Waals surface area (Å²) >= 11 is 6.33. The third kappa shape index (κ3) is 6.40. The number of amides is 1. The van der Waals surface area contributed by atoms with Crippen molar-refractivity contribution in [3.63, 3.8) is 0 Å². The summed E-state index contributed by atoms with van der Waals surface area (Å²) in [5.41, 5.74) is 6.55. The second kappa shape index (κ2) is 10.5. The highest BCUT2D eigenvalue weighted by atomic mass is 35.5. The molecule has 0 aliphatic heterocycles. The Morgan fingerprint density at radius 2 is 1.96 bits per heavy atom. The van der Waals surface area contributed by atoms with Gasteiger partial charge in [0, 0.05) is 25.2 Å². The summed E-state index contributed by atoms with van der Waals surface area (Å²) in [5.74, 6) is 1.27. The van der Waals surface area contributed by atoms with Gasteiger partial charge in [0.15, 0.2) is 11.5 Å². The Morgan fingerprint density at radius 1 is 1.28 bits per heavy atom. The molecule has 0 aliphatic carbocycles. The van der Waals surface area contributed by atoms with Gasteiger partial charge in [0.1, 0.15) is 0 Å². The molecule has 0 saturated carbocycles. The van der Waals surface area contributed by atoms with Gasteiger partial charge in [0.05, 0.1) is 18.2 Å². The number of carbonyl (C=O) groups is 1. The minimum absolute atomic E-state index is 0.0719. The molecule has 1 amide bonds. The Morgan fingerprint density at radius 3 is 2.52 bits per heavy atom. The van der Waals surface area contributed by atoms with E-state index in [2.05, 4.69) is 13.8 Å². The molecule has 1 rings (SSSR count). The Hall–Kier alpha value is -1.46. The van der Waals surface area contributed by atoms with Crippen molar-refractivity contribution < 1.29 is 14.3 Å². The van der Waals surface area contributed by atoms with Crippen LogP contribution in [0.15, 0.2) is 12.1 Å². The maximum Gasteiger partial charge on any atom is 0.253 e. The first-order valence-corrected chi connectivity index (χ1v) is 9.29. The lowest BCUT2D eigenvalue weighted by atomic mass is 10.0. The SMILES string of the molecule is CCCOc1c(Cl)cc(C(=O)N(C)CCC(N)C(C)C)cc1OCC. The summed E-state index contributed by atoms with van der Waals surface area (Å²) in [5, 5.41) is 0.384. The monoisotopic (exact) mass is 370 g/mol. The number of hydrogen-bond acceptors (Lipinski definition) is 4. The van der Waals surface area contributed by atoms with E-state index in [0.29, 0.717) is 47.8 Å². The number of nitrogens with two attached hydrogens (primary N) is 1. The number of ether oxygens (including phenoxy) is 2. The maximum absolute atomic E-state index is 12.7. The number of carbonyl (C=O) groups excluding carboxylic acids is 1. The van der Waals surface area contributed by atoms with Gasteiger partial charge in [0.25, 0.3) is 5.91 Å². The molecular formula is C19H31ClN2O3. The van der Waals surface area contributed by atoms with E-state index in [0.717, 1.165) is 12.8 Å². The van der Waals surface area contributed by atoms with Crippen LogP contribution in [0.3, 0.4) is 0 Å². The van der Waals surface area contributed by atoms with Gasteiger partial charge in [-0.25, -0.2) is 0 Å². The molecule has 6 heteroatoms. The molecule has 0 spiro atoms. The van der Waals surface area contributed by atoms with Gasteiger partial charge in [-0.3, -0.25) is 4.79 Å². The molecule has 5 nitrogen and oxygen atoms in total. The Kier molecular flexibility index (Phi) is 9.08. The van der Waals surface area contributed by atoms with Gasteiger partial charge in [-0.05, 0) is 37.8 Å². The van der Waals surface area contributed by atoms with Gasteiger partial charge in [-0.15, -0.1) is 0 Å². The van der Waals surface area contributed by atoms with Crippen molar-refractivity contribution in [3.05, 3.63) is 22.7 Å². The fourth-order valence-corrected chi connectivity index (χ4v) is 2.56. The van der Waals surface area contributed by atoms with E-state index in [1.807, 2.05) is 13.8 Å². The number of benzene rings is 1. The summed E-state index contributed by atoms with van der Waals surface area (Å²) in [6.07, 6.45) is 1.62. The van der Waals surface area contributed by atoms with Crippen LogP contribution in [0.25, 0.3) is 0 Å². The van der Waals surface area contributed by atoms with Gasteiger partial charge in [-0.2, -0.15) is 0 Å². The highest BCUT2D eigenvalue weighted by Gasteiger charge is 2.19. The summed E-state index contributed by atoms with van der Waals surface area (Å²) in [4.78, 5) is 14.4. The summed E-state index contributed by atoms with van der Waals surface area (Å²) in [6.45, 7) is 9.66. The first kappa shape index (κ1) is 21.6. The van der Waals surface area contributed by atoms with E-state index in [-0.39, 0.29) is 11.9 Å². The fraction of sp³-hybridized carbons (Fsp3) is 0.632. The van der Waals surface area contributed by atoms with Crippen molar-refractivity contribution >= 4 is 17.5 Å². The van der Waals surface area contributed by atoms with Crippen molar-refractivity contribution in [2.45, 2.75) is 46.6 Å². The third-order valence-corrected chi connectivity index (χ3v) is 4.29. The van der Waals surface area contributed by atoms with Crippen LogP contribution < -0.4 is 15.2 Å². The average Bonchev–Trinajstić information content (AvgIpc) is 2.57.